The highest BCUT2D eigenvalue weighted by atomic mass is 16.5. The zero-order valence-electron chi connectivity index (χ0n) is 10.3. The average Bonchev–Trinajstić information content (AvgIpc) is 2.31. The van der Waals surface area contributed by atoms with Crippen LogP contribution in [0, 0.1) is 0 Å². The topological polar surface area (TPSA) is 47.6 Å². The summed E-state index contributed by atoms with van der Waals surface area (Å²) >= 11 is 0. The Hall–Kier alpha value is -0.610. The molecule has 0 aromatic heterocycles. The maximum Gasteiger partial charge on any atom is 0.307 e. The van der Waals surface area contributed by atoms with E-state index in [1.54, 1.807) is 0 Å². The molecule has 0 aromatic rings. The second-order valence-corrected chi connectivity index (χ2v) is 4.23. The second-order valence-electron chi connectivity index (χ2n) is 4.23. The number of rotatable bonds is 6. The summed E-state index contributed by atoms with van der Waals surface area (Å²) in [5.74, 6) is -0.193. The lowest BCUT2D eigenvalue weighted by atomic mass is 9.93. The fourth-order valence-corrected chi connectivity index (χ4v) is 2.13. The van der Waals surface area contributed by atoms with Crippen LogP contribution in [0.5, 0.6) is 0 Å². The summed E-state index contributed by atoms with van der Waals surface area (Å²) in [6.07, 6.45) is 5.24. The van der Waals surface area contributed by atoms with Crippen molar-refractivity contribution in [3.63, 3.8) is 0 Å². The molecule has 0 saturated heterocycles. The molecule has 0 amide bonds. The van der Waals surface area contributed by atoms with Crippen LogP contribution in [0.2, 0.25) is 0 Å². The van der Waals surface area contributed by atoms with Crippen molar-refractivity contribution in [1.82, 2.24) is 5.32 Å². The van der Waals surface area contributed by atoms with Gasteiger partial charge in [-0.15, -0.1) is 0 Å². The zero-order chi connectivity index (χ0) is 11.8. The Bertz CT molecular complexity index is 200. The van der Waals surface area contributed by atoms with Crippen molar-refractivity contribution in [3.8, 4) is 0 Å². The van der Waals surface area contributed by atoms with Crippen LogP contribution in [0.1, 0.15) is 39.0 Å². The number of hydrogen-bond donors (Lipinski definition) is 1. The van der Waals surface area contributed by atoms with Gasteiger partial charge in [-0.2, -0.15) is 0 Å². The summed E-state index contributed by atoms with van der Waals surface area (Å²) in [4.78, 5) is 10.9. The third-order valence-corrected chi connectivity index (χ3v) is 3.05. The third kappa shape index (κ3) is 4.94. The molecule has 1 rings (SSSR count). The van der Waals surface area contributed by atoms with E-state index in [0.29, 0.717) is 25.2 Å². The van der Waals surface area contributed by atoms with Crippen LogP contribution >= 0.6 is 0 Å². The number of esters is 1. The molecule has 0 radical (unpaired) electrons. The van der Waals surface area contributed by atoms with Crippen LogP contribution in [-0.4, -0.2) is 38.4 Å². The van der Waals surface area contributed by atoms with E-state index in [4.69, 9.17) is 4.74 Å². The molecule has 1 saturated carbocycles. The van der Waals surface area contributed by atoms with Gasteiger partial charge in [0.05, 0.1) is 26.2 Å². The molecule has 4 nitrogen and oxygen atoms in total. The largest absolute Gasteiger partial charge is 0.469 e. The summed E-state index contributed by atoms with van der Waals surface area (Å²) in [5.41, 5.74) is 0. The first-order valence-electron chi connectivity index (χ1n) is 6.18. The Morgan fingerprint density at radius 2 is 2.00 bits per heavy atom. The minimum atomic E-state index is -0.193. The molecule has 0 spiro atoms. The van der Waals surface area contributed by atoms with Gasteiger partial charge in [-0.05, 0) is 32.2 Å². The number of hydrogen-bond acceptors (Lipinski definition) is 4. The van der Waals surface area contributed by atoms with Gasteiger partial charge in [0.15, 0.2) is 0 Å². The third-order valence-electron chi connectivity index (χ3n) is 3.05. The highest BCUT2D eigenvalue weighted by Crippen LogP contribution is 2.21. The summed E-state index contributed by atoms with van der Waals surface area (Å²) in [6, 6.07) is 0.658. The molecule has 0 bridgehead atoms. The minimum absolute atomic E-state index is 0.193. The van der Waals surface area contributed by atoms with Gasteiger partial charge < -0.3 is 14.8 Å². The maximum atomic E-state index is 10.9. The summed E-state index contributed by atoms with van der Waals surface area (Å²) in [6.45, 7) is 3.67. The van der Waals surface area contributed by atoms with Gasteiger partial charge in [-0.1, -0.05) is 6.92 Å². The van der Waals surface area contributed by atoms with Gasteiger partial charge in [-0.25, -0.2) is 0 Å². The van der Waals surface area contributed by atoms with E-state index in [9.17, 15) is 4.79 Å². The molecule has 1 fully saturated rings. The van der Waals surface area contributed by atoms with E-state index >= 15 is 0 Å². The van der Waals surface area contributed by atoms with Crippen molar-refractivity contribution < 1.29 is 14.3 Å². The molecule has 1 aliphatic rings. The van der Waals surface area contributed by atoms with Crippen LogP contribution in [0.15, 0.2) is 0 Å². The molecule has 94 valence electrons. The lowest BCUT2D eigenvalue weighted by molar-refractivity contribution is -0.142. The van der Waals surface area contributed by atoms with Gasteiger partial charge in [0.2, 0.25) is 0 Å². The lowest BCUT2D eigenvalue weighted by Gasteiger charge is -2.28. The van der Waals surface area contributed by atoms with Gasteiger partial charge in [0.1, 0.15) is 0 Å². The monoisotopic (exact) mass is 229 g/mol. The number of methoxy groups -OCH3 is 1. The molecule has 0 aliphatic heterocycles. The zero-order valence-corrected chi connectivity index (χ0v) is 10.3. The van der Waals surface area contributed by atoms with Crippen molar-refractivity contribution in [1.29, 1.82) is 0 Å². The molecule has 1 aliphatic carbocycles. The minimum Gasteiger partial charge on any atom is -0.469 e. The number of nitrogens with one attached hydrogen (secondary N) is 1. The fraction of sp³-hybridized carbons (Fsp3) is 0.917. The van der Waals surface area contributed by atoms with Gasteiger partial charge in [-0.3, -0.25) is 4.79 Å². The Morgan fingerprint density at radius 1 is 1.31 bits per heavy atom. The number of carbonyl (C=O) groups excluding carboxylic acids is 1. The van der Waals surface area contributed by atoms with Crippen molar-refractivity contribution in [2.24, 2.45) is 0 Å². The van der Waals surface area contributed by atoms with Crippen LogP contribution in [0.3, 0.4) is 0 Å². The molecule has 1 N–H and O–H groups in total. The van der Waals surface area contributed by atoms with Crippen LogP contribution in [0.4, 0.5) is 0 Å². The number of carbonyl (C=O) groups is 1. The first-order valence-corrected chi connectivity index (χ1v) is 6.18. The summed E-state index contributed by atoms with van der Waals surface area (Å²) in [7, 11) is 1.41. The maximum absolute atomic E-state index is 10.9. The van der Waals surface area contributed by atoms with Crippen molar-refractivity contribution in [2.45, 2.75) is 51.2 Å². The van der Waals surface area contributed by atoms with Gasteiger partial charge in [0, 0.05) is 6.04 Å². The normalized spacial score (nSPS) is 25.4. The van der Waals surface area contributed by atoms with E-state index < -0.39 is 0 Å². The Balaban J connectivity index is 2.06. The second kappa shape index (κ2) is 7.63. The molecular formula is C12H23NO3. The summed E-state index contributed by atoms with van der Waals surface area (Å²) in [5, 5.41) is 3.46. The SMILES string of the molecule is CCNC1CCC(OCCC(=O)OC)CC1. The predicted octanol–water partition coefficient (Wildman–Crippen LogP) is 1.49. The van der Waals surface area contributed by atoms with E-state index in [0.717, 1.165) is 19.4 Å². The molecule has 16 heavy (non-hydrogen) atoms. The van der Waals surface area contributed by atoms with Crippen LogP contribution in [0.25, 0.3) is 0 Å². The van der Waals surface area contributed by atoms with Crippen molar-refractivity contribution >= 4 is 5.97 Å². The molecule has 0 unspecified atom stereocenters. The first kappa shape index (κ1) is 13.5. The molecule has 0 atom stereocenters. The average molecular weight is 229 g/mol. The van der Waals surface area contributed by atoms with Gasteiger partial charge in [0.25, 0.3) is 0 Å². The van der Waals surface area contributed by atoms with E-state index in [1.807, 2.05) is 0 Å². The lowest BCUT2D eigenvalue weighted by Crippen LogP contribution is -2.35. The molecule has 0 heterocycles. The number of ether oxygens (including phenoxy) is 2. The highest BCUT2D eigenvalue weighted by molar-refractivity contribution is 5.69. The van der Waals surface area contributed by atoms with Crippen molar-refractivity contribution in [3.05, 3.63) is 0 Å². The van der Waals surface area contributed by atoms with Crippen LogP contribution in [-0.2, 0) is 14.3 Å². The predicted molar refractivity (Wildman–Crippen MR) is 62.3 cm³/mol. The first-order chi connectivity index (χ1) is 7.76. The van der Waals surface area contributed by atoms with E-state index in [2.05, 4.69) is 17.0 Å². The van der Waals surface area contributed by atoms with Gasteiger partial charge >= 0.3 is 5.97 Å². The van der Waals surface area contributed by atoms with Crippen molar-refractivity contribution in [2.75, 3.05) is 20.3 Å². The molecule has 4 heteroatoms. The fourth-order valence-electron chi connectivity index (χ4n) is 2.13. The Labute approximate surface area is 97.7 Å². The standard InChI is InChI=1S/C12H23NO3/c1-3-13-10-4-6-11(7-5-10)16-9-8-12(14)15-2/h10-11,13H,3-9H2,1-2H3. The van der Waals surface area contributed by atoms with Crippen LogP contribution < -0.4 is 5.32 Å². The Morgan fingerprint density at radius 3 is 2.56 bits per heavy atom. The smallest absolute Gasteiger partial charge is 0.307 e. The van der Waals surface area contributed by atoms with E-state index in [1.165, 1.54) is 20.0 Å². The molecular weight excluding hydrogens is 206 g/mol. The highest BCUT2D eigenvalue weighted by Gasteiger charge is 2.20. The molecule has 0 aromatic carbocycles. The summed E-state index contributed by atoms with van der Waals surface area (Å²) < 4.78 is 10.2. The Kier molecular flexibility index (Phi) is 6.42. The van der Waals surface area contributed by atoms with E-state index in [-0.39, 0.29) is 5.97 Å². The quantitative estimate of drug-likeness (QED) is 0.701.